The molecule has 0 amide bonds. The molecule has 0 unspecified atom stereocenters. The van der Waals surface area contributed by atoms with Crippen molar-refractivity contribution in [1.29, 1.82) is 0 Å². The first kappa shape index (κ1) is 22.3. The van der Waals surface area contributed by atoms with Crippen LogP contribution in [0.25, 0.3) is 32.8 Å². The first-order chi connectivity index (χ1) is 14.7. The lowest BCUT2D eigenvalue weighted by Crippen LogP contribution is -3.00. The van der Waals surface area contributed by atoms with Gasteiger partial charge in [0.1, 0.15) is 12.1 Å². The molecule has 3 aromatic carbocycles. The van der Waals surface area contributed by atoms with Gasteiger partial charge in [-0.25, -0.2) is 0 Å². The number of aromatic nitrogens is 2. The first-order valence-corrected chi connectivity index (χ1v) is 11.5. The van der Waals surface area contributed by atoms with E-state index in [4.69, 9.17) is 0 Å². The molecule has 158 valence electrons. The Labute approximate surface area is 209 Å². The summed E-state index contributed by atoms with van der Waals surface area (Å²) >= 11 is 3.65. The lowest BCUT2D eigenvalue weighted by molar-refractivity contribution is -0.645. The van der Waals surface area contributed by atoms with Gasteiger partial charge in [0.25, 0.3) is 0 Å². The summed E-state index contributed by atoms with van der Waals surface area (Å²) in [6, 6.07) is 28.6. The lowest BCUT2D eigenvalue weighted by atomic mass is 10.1. The summed E-state index contributed by atoms with van der Waals surface area (Å²) in [6.45, 7) is 1.04. The Bertz CT molecular complexity index is 1340. The van der Waals surface area contributed by atoms with Crippen LogP contribution in [-0.4, -0.2) is 4.57 Å². The molecule has 31 heavy (non-hydrogen) atoms. The highest BCUT2D eigenvalue weighted by Gasteiger charge is 2.21. The van der Waals surface area contributed by atoms with Crippen LogP contribution in [-0.2, 0) is 20.0 Å². The monoisotopic (exact) mass is 584 g/mol. The second-order valence-corrected chi connectivity index (χ2v) is 9.02. The third-order valence-corrected chi connectivity index (χ3v) is 6.65. The topological polar surface area (TPSA) is 8.81 Å². The summed E-state index contributed by atoms with van der Waals surface area (Å²) in [4.78, 5) is 0. The minimum Gasteiger partial charge on any atom is -1.00 e. The van der Waals surface area contributed by atoms with Crippen LogP contribution in [0.4, 0.5) is 0 Å². The van der Waals surface area contributed by atoms with Crippen molar-refractivity contribution >= 4 is 48.8 Å². The normalized spacial score (nSPS) is 11.3. The molecule has 0 atom stereocenters. The van der Waals surface area contributed by atoms with E-state index in [-0.39, 0.29) is 24.0 Å². The summed E-state index contributed by atoms with van der Waals surface area (Å²) in [6.07, 6.45) is 4.82. The van der Waals surface area contributed by atoms with Crippen LogP contribution >= 0.6 is 15.9 Å². The van der Waals surface area contributed by atoms with E-state index in [1.54, 1.807) is 0 Å². The van der Waals surface area contributed by atoms with Gasteiger partial charge in [-0.1, -0.05) is 58.4 Å². The van der Waals surface area contributed by atoms with Crippen LogP contribution in [0, 0.1) is 0 Å². The van der Waals surface area contributed by atoms with Gasteiger partial charge in [-0.05, 0) is 55.2 Å². The van der Waals surface area contributed by atoms with Gasteiger partial charge in [0.05, 0.1) is 10.9 Å². The van der Waals surface area contributed by atoms with Crippen LogP contribution in [0.5, 0.6) is 0 Å². The number of para-hydroxylation sites is 1. The third kappa shape index (κ3) is 4.37. The number of halogens is 2. The van der Waals surface area contributed by atoms with Crippen LogP contribution in [0.1, 0.15) is 24.8 Å². The van der Waals surface area contributed by atoms with Gasteiger partial charge in [-0.2, -0.15) is 4.57 Å². The van der Waals surface area contributed by atoms with Crippen molar-refractivity contribution in [2.45, 2.75) is 32.2 Å². The molecule has 0 spiro atoms. The molecule has 4 heteroatoms. The van der Waals surface area contributed by atoms with E-state index in [0.717, 1.165) is 17.4 Å². The second-order valence-electron chi connectivity index (χ2n) is 8.11. The van der Waals surface area contributed by atoms with E-state index in [1.165, 1.54) is 57.7 Å². The number of benzene rings is 3. The van der Waals surface area contributed by atoms with Crippen LogP contribution < -0.4 is 28.5 Å². The smallest absolute Gasteiger partial charge is 0.239 e. The van der Waals surface area contributed by atoms with Gasteiger partial charge in [-0.3, -0.25) is 0 Å². The molecule has 5 rings (SSSR count). The number of unbranched alkanes of at least 4 members (excludes halogenated alkanes) is 2. The van der Waals surface area contributed by atoms with Crippen LogP contribution in [0.15, 0.2) is 83.3 Å². The first-order valence-electron chi connectivity index (χ1n) is 10.8. The highest BCUT2D eigenvalue weighted by molar-refractivity contribution is 9.10. The third-order valence-electron chi connectivity index (χ3n) is 6.16. The Hall–Kier alpha value is -1.92. The molecule has 2 nitrogen and oxygen atoms in total. The Kier molecular flexibility index (Phi) is 6.97. The van der Waals surface area contributed by atoms with Crippen molar-refractivity contribution in [2.75, 3.05) is 0 Å². The van der Waals surface area contributed by atoms with Crippen LogP contribution in [0.2, 0.25) is 0 Å². The summed E-state index contributed by atoms with van der Waals surface area (Å²) in [5.74, 6) is 0. The number of fused-ring (bicyclic) bond motifs is 4. The average Bonchev–Trinajstić information content (AvgIpc) is 3.05. The van der Waals surface area contributed by atoms with Gasteiger partial charge in [0, 0.05) is 29.4 Å². The molecule has 0 saturated heterocycles. The SMILES string of the molecule is Cn1c2ccccc2c2c1cc1cc(Br)ccc1[n+]2CCCCCc1ccccc1.[I-]. The number of nitrogens with zero attached hydrogens (tertiary/aromatic N) is 2. The number of hydrogen-bond acceptors (Lipinski definition) is 0. The van der Waals surface area contributed by atoms with E-state index >= 15 is 0 Å². The van der Waals surface area contributed by atoms with Crippen molar-refractivity contribution in [1.82, 2.24) is 4.57 Å². The second kappa shape index (κ2) is 9.70. The van der Waals surface area contributed by atoms with Crippen molar-refractivity contribution in [2.24, 2.45) is 7.05 Å². The molecule has 2 aromatic heterocycles. The fourth-order valence-electron chi connectivity index (χ4n) is 4.65. The Balaban J connectivity index is 0.00000231. The summed E-state index contributed by atoms with van der Waals surface area (Å²) in [5.41, 5.74) is 6.69. The quantitative estimate of drug-likeness (QED) is 0.162. The van der Waals surface area contributed by atoms with Gasteiger partial charge in [-0.15, -0.1) is 0 Å². The fraction of sp³-hybridized carbons (Fsp3) is 0.222. The van der Waals surface area contributed by atoms with Gasteiger partial charge >= 0.3 is 0 Å². The molecule has 0 N–H and O–H groups in total. The largest absolute Gasteiger partial charge is 1.00 e. The van der Waals surface area contributed by atoms with Gasteiger partial charge < -0.3 is 28.5 Å². The molecule has 0 aliphatic rings. The Morgan fingerprint density at radius 1 is 0.806 bits per heavy atom. The molecule has 5 aromatic rings. The Morgan fingerprint density at radius 2 is 1.58 bits per heavy atom. The highest BCUT2D eigenvalue weighted by atomic mass is 127. The van der Waals surface area contributed by atoms with Crippen LogP contribution in [0.3, 0.4) is 0 Å². The van der Waals surface area contributed by atoms with E-state index in [2.05, 4.69) is 111 Å². The molecule has 0 aliphatic carbocycles. The lowest BCUT2D eigenvalue weighted by Gasteiger charge is -2.06. The number of rotatable bonds is 6. The predicted octanol–water partition coefficient (Wildman–Crippen LogP) is 3.95. The minimum absolute atomic E-state index is 0. The molecular formula is C27H26BrIN2. The molecule has 0 fully saturated rings. The maximum absolute atomic E-state index is 3.65. The summed E-state index contributed by atoms with van der Waals surface area (Å²) in [7, 11) is 2.18. The fourth-order valence-corrected chi connectivity index (χ4v) is 5.03. The van der Waals surface area contributed by atoms with E-state index in [1.807, 2.05) is 0 Å². The molecule has 2 heterocycles. The number of pyridine rings is 1. The molecule has 0 aliphatic heterocycles. The minimum atomic E-state index is 0. The van der Waals surface area contributed by atoms with E-state index in [9.17, 15) is 0 Å². The van der Waals surface area contributed by atoms with E-state index in [0.29, 0.717) is 0 Å². The zero-order chi connectivity index (χ0) is 20.5. The van der Waals surface area contributed by atoms with Gasteiger partial charge in [0.2, 0.25) is 11.0 Å². The maximum Gasteiger partial charge on any atom is 0.239 e. The van der Waals surface area contributed by atoms with Crippen molar-refractivity contribution in [3.8, 4) is 0 Å². The van der Waals surface area contributed by atoms with Crippen molar-refractivity contribution in [3.63, 3.8) is 0 Å². The molecule has 0 radical (unpaired) electrons. The van der Waals surface area contributed by atoms with Crippen molar-refractivity contribution < 1.29 is 28.5 Å². The van der Waals surface area contributed by atoms with Crippen molar-refractivity contribution in [3.05, 3.63) is 88.9 Å². The maximum atomic E-state index is 3.65. The Morgan fingerprint density at radius 3 is 2.42 bits per heavy atom. The molecule has 0 bridgehead atoms. The summed E-state index contributed by atoms with van der Waals surface area (Å²) in [5, 5.41) is 2.62. The average molecular weight is 585 g/mol. The summed E-state index contributed by atoms with van der Waals surface area (Å²) < 4.78 is 6.00. The van der Waals surface area contributed by atoms with E-state index < -0.39 is 0 Å². The highest BCUT2D eigenvalue weighted by Crippen LogP contribution is 2.29. The predicted molar refractivity (Wildman–Crippen MR) is 130 cm³/mol. The zero-order valence-electron chi connectivity index (χ0n) is 17.7. The standard InChI is InChI=1S/C27H26BrN2.HI/c1-29-25-14-8-7-13-23(25)27-26(29)19-21-18-22(28)15-16-24(21)30(27)17-9-3-6-12-20-10-4-2-5-11-20;/h2,4-5,7-8,10-11,13-16,18-19H,3,6,9,12,17H2,1H3;1H/q+1;/p-1. The number of aryl methyl sites for hydroxylation is 3. The van der Waals surface area contributed by atoms with Gasteiger partial charge in [0.15, 0.2) is 0 Å². The number of hydrogen-bond donors (Lipinski definition) is 0. The molecule has 0 saturated carbocycles. The molecular weight excluding hydrogens is 559 g/mol. The zero-order valence-corrected chi connectivity index (χ0v) is 21.4.